The molecular formula is C7H10N2O6. The van der Waals surface area contributed by atoms with Crippen molar-refractivity contribution < 1.29 is 29.4 Å². The molecule has 0 rings (SSSR count). The minimum absolute atomic E-state index is 0.410. The van der Waals surface area contributed by atoms with Gasteiger partial charge in [-0.1, -0.05) is 0 Å². The van der Waals surface area contributed by atoms with E-state index in [9.17, 15) is 19.2 Å². The molecule has 0 aromatic heterocycles. The predicted octanol–water partition coefficient (Wildman–Crippen LogP) is -2.09. The van der Waals surface area contributed by atoms with Gasteiger partial charge < -0.3 is 21.3 Å². The number of hydrogen-bond donors (Lipinski definition) is 4. The van der Waals surface area contributed by atoms with Gasteiger partial charge in [-0.2, -0.15) is 0 Å². The van der Waals surface area contributed by atoms with Crippen molar-refractivity contribution in [1.82, 2.24) is 5.32 Å². The first-order valence-corrected chi connectivity index (χ1v) is 3.88. The molecule has 15 heavy (non-hydrogen) atoms. The van der Waals surface area contributed by atoms with Gasteiger partial charge in [-0.05, 0) is 0 Å². The van der Waals surface area contributed by atoms with Crippen LogP contribution in [0.15, 0.2) is 0 Å². The highest BCUT2D eigenvalue weighted by atomic mass is 16.4. The van der Waals surface area contributed by atoms with Gasteiger partial charge in [0.1, 0.15) is 0 Å². The molecule has 0 aromatic rings. The summed E-state index contributed by atoms with van der Waals surface area (Å²) in [5.41, 5.74) is 4.69. The van der Waals surface area contributed by atoms with Gasteiger partial charge in [0, 0.05) is 6.42 Å². The number of amides is 2. The Balaban J connectivity index is 4.18. The third kappa shape index (κ3) is 5.24. The number of nitrogens with one attached hydrogen (secondary N) is 1. The fourth-order valence-corrected chi connectivity index (χ4v) is 0.708. The molecule has 1 unspecified atom stereocenters. The zero-order valence-corrected chi connectivity index (χ0v) is 7.60. The fourth-order valence-electron chi connectivity index (χ4n) is 0.708. The summed E-state index contributed by atoms with van der Waals surface area (Å²) in [4.78, 5) is 41.9. The zero-order valence-electron chi connectivity index (χ0n) is 7.60. The van der Waals surface area contributed by atoms with E-state index >= 15 is 0 Å². The van der Waals surface area contributed by atoms with Crippen LogP contribution in [0, 0.1) is 0 Å². The van der Waals surface area contributed by atoms with Crippen molar-refractivity contribution in [2.75, 3.05) is 0 Å². The standard InChI is InChI=1S/C7H10N2O6/c8-6(13)5(7(14)15)9-3(10)1-2-4(11)12/h5H,1-2H2,(H2,8,13)(H,9,10)(H,11,12)(H,14,15). The molecule has 0 aliphatic heterocycles. The first-order valence-electron chi connectivity index (χ1n) is 3.88. The summed E-state index contributed by atoms with van der Waals surface area (Å²) in [6.07, 6.45) is -0.858. The summed E-state index contributed by atoms with van der Waals surface area (Å²) < 4.78 is 0. The number of carboxylic acid groups (broad SMARTS) is 2. The van der Waals surface area contributed by atoms with E-state index in [2.05, 4.69) is 0 Å². The number of carbonyl (C=O) groups excluding carboxylic acids is 2. The molecule has 0 bridgehead atoms. The fraction of sp³-hybridized carbons (Fsp3) is 0.429. The minimum atomic E-state index is -1.83. The second kappa shape index (κ2) is 5.58. The van der Waals surface area contributed by atoms with Crippen LogP contribution in [0.1, 0.15) is 12.8 Å². The Morgan fingerprint density at radius 2 is 1.67 bits per heavy atom. The summed E-state index contributed by atoms with van der Waals surface area (Å²) in [7, 11) is 0. The largest absolute Gasteiger partial charge is 0.481 e. The monoisotopic (exact) mass is 218 g/mol. The van der Waals surface area contributed by atoms with E-state index in [0.717, 1.165) is 0 Å². The van der Waals surface area contributed by atoms with Gasteiger partial charge in [0.05, 0.1) is 6.42 Å². The van der Waals surface area contributed by atoms with Crippen molar-refractivity contribution in [3.63, 3.8) is 0 Å². The van der Waals surface area contributed by atoms with Crippen LogP contribution in [0.3, 0.4) is 0 Å². The summed E-state index contributed by atoms with van der Waals surface area (Å²) in [5.74, 6) is -4.86. The second-order valence-corrected chi connectivity index (χ2v) is 2.63. The van der Waals surface area contributed by atoms with Gasteiger partial charge in [-0.25, -0.2) is 4.79 Å². The van der Waals surface area contributed by atoms with Gasteiger partial charge in [-0.3, -0.25) is 14.4 Å². The molecule has 1 atom stereocenters. The lowest BCUT2D eigenvalue weighted by Crippen LogP contribution is -2.49. The van der Waals surface area contributed by atoms with Crippen molar-refractivity contribution >= 4 is 23.8 Å². The van der Waals surface area contributed by atoms with Gasteiger partial charge in [0.25, 0.3) is 5.91 Å². The van der Waals surface area contributed by atoms with E-state index in [1.807, 2.05) is 0 Å². The normalized spacial score (nSPS) is 11.5. The Bertz CT molecular complexity index is 286. The molecule has 2 amide bonds. The Morgan fingerprint density at radius 1 is 1.13 bits per heavy atom. The average molecular weight is 218 g/mol. The first kappa shape index (κ1) is 12.9. The lowest BCUT2D eigenvalue weighted by Gasteiger charge is -2.09. The Kier molecular flexibility index (Phi) is 4.79. The van der Waals surface area contributed by atoms with Crippen LogP contribution in [0.4, 0.5) is 0 Å². The van der Waals surface area contributed by atoms with Crippen molar-refractivity contribution in [1.29, 1.82) is 0 Å². The number of hydrogen-bond acceptors (Lipinski definition) is 4. The molecule has 0 aliphatic carbocycles. The number of carbonyl (C=O) groups is 4. The molecule has 0 saturated heterocycles. The number of nitrogens with two attached hydrogens (primary N) is 1. The molecule has 0 heterocycles. The van der Waals surface area contributed by atoms with Crippen LogP contribution >= 0.6 is 0 Å². The molecule has 0 radical (unpaired) electrons. The minimum Gasteiger partial charge on any atom is -0.481 e. The highest BCUT2D eigenvalue weighted by Crippen LogP contribution is 1.91. The number of primary amides is 1. The second-order valence-electron chi connectivity index (χ2n) is 2.63. The van der Waals surface area contributed by atoms with E-state index < -0.39 is 42.6 Å². The Morgan fingerprint density at radius 3 is 2.00 bits per heavy atom. The van der Waals surface area contributed by atoms with E-state index in [1.54, 1.807) is 5.32 Å². The topological polar surface area (TPSA) is 147 Å². The van der Waals surface area contributed by atoms with Crippen LogP contribution in [-0.2, 0) is 19.2 Å². The summed E-state index contributed by atoms with van der Waals surface area (Å²) in [6, 6.07) is -1.83. The Labute approximate surface area is 84.1 Å². The highest BCUT2D eigenvalue weighted by molar-refractivity contribution is 6.03. The van der Waals surface area contributed by atoms with Crippen molar-refractivity contribution in [2.45, 2.75) is 18.9 Å². The maximum Gasteiger partial charge on any atom is 0.336 e. The summed E-state index contributed by atoms with van der Waals surface area (Å²) in [5, 5.41) is 18.5. The van der Waals surface area contributed by atoms with Gasteiger partial charge in [0.15, 0.2) is 0 Å². The van der Waals surface area contributed by atoms with Crippen molar-refractivity contribution in [3.8, 4) is 0 Å². The molecule has 0 aliphatic rings. The lowest BCUT2D eigenvalue weighted by atomic mass is 10.2. The quantitative estimate of drug-likeness (QED) is 0.375. The summed E-state index contributed by atoms with van der Waals surface area (Å²) >= 11 is 0. The third-order valence-corrected chi connectivity index (χ3v) is 1.40. The van der Waals surface area contributed by atoms with Crippen LogP contribution in [0.25, 0.3) is 0 Å². The van der Waals surface area contributed by atoms with E-state index in [1.165, 1.54) is 0 Å². The van der Waals surface area contributed by atoms with Crippen molar-refractivity contribution in [2.24, 2.45) is 5.73 Å². The average Bonchev–Trinajstić information content (AvgIpc) is 2.09. The van der Waals surface area contributed by atoms with E-state index in [4.69, 9.17) is 15.9 Å². The maximum absolute atomic E-state index is 10.9. The predicted molar refractivity (Wildman–Crippen MR) is 45.6 cm³/mol. The lowest BCUT2D eigenvalue weighted by molar-refractivity contribution is -0.145. The number of carboxylic acids is 2. The van der Waals surface area contributed by atoms with Gasteiger partial charge in [0.2, 0.25) is 11.9 Å². The molecule has 5 N–H and O–H groups in total. The SMILES string of the molecule is NC(=O)C(NC(=O)CCC(=O)O)C(=O)O. The maximum atomic E-state index is 10.9. The third-order valence-electron chi connectivity index (χ3n) is 1.40. The van der Waals surface area contributed by atoms with E-state index in [0.29, 0.717) is 0 Å². The molecule has 0 fully saturated rings. The molecule has 84 valence electrons. The Hall–Kier alpha value is -2.12. The van der Waals surface area contributed by atoms with Crippen LogP contribution in [-0.4, -0.2) is 40.0 Å². The highest BCUT2D eigenvalue weighted by Gasteiger charge is 2.25. The van der Waals surface area contributed by atoms with E-state index in [-0.39, 0.29) is 0 Å². The molecule has 8 nitrogen and oxygen atoms in total. The number of aliphatic carboxylic acids is 2. The zero-order chi connectivity index (χ0) is 12.0. The molecular weight excluding hydrogens is 208 g/mol. The molecule has 0 saturated carbocycles. The number of rotatable bonds is 6. The first-order chi connectivity index (χ1) is 6.84. The van der Waals surface area contributed by atoms with Gasteiger partial charge in [-0.15, -0.1) is 0 Å². The molecule has 0 spiro atoms. The summed E-state index contributed by atoms with van der Waals surface area (Å²) in [6.45, 7) is 0. The van der Waals surface area contributed by atoms with Crippen LogP contribution in [0.5, 0.6) is 0 Å². The van der Waals surface area contributed by atoms with Crippen LogP contribution in [0.2, 0.25) is 0 Å². The molecule has 8 heteroatoms. The van der Waals surface area contributed by atoms with Crippen molar-refractivity contribution in [3.05, 3.63) is 0 Å². The molecule has 0 aromatic carbocycles. The van der Waals surface area contributed by atoms with Gasteiger partial charge >= 0.3 is 11.9 Å². The van der Waals surface area contributed by atoms with Crippen LogP contribution < -0.4 is 11.1 Å². The smallest absolute Gasteiger partial charge is 0.336 e.